The number of benzene rings is 2. The Hall–Kier alpha value is -2.37. The predicted octanol–water partition coefficient (Wildman–Crippen LogP) is 3.26. The monoisotopic (exact) mass is 418 g/mol. The van der Waals surface area contributed by atoms with Crippen molar-refractivity contribution in [1.29, 1.82) is 0 Å². The molecule has 2 aromatic rings. The number of likely N-dealkylation sites (tertiary alicyclic amines) is 1. The molecule has 5 nitrogen and oxygen atoms in total. The van der Waals surface area contributed by atoms with Gasteiger partial charge in [-0.1, -0.05) is 24.3 Å². The van der Waals surface area contributed by atoms with Gasteiger partial charge in [0, 0.05) is 23.6 Å². The standard InChI is InChI=1S/C26H30N2O3/c29-21-9-8-19-12-23-24-26(22(19)13-21,10-11-28(23)15-17-6-7-17)14-20(16-31-24)27-25(30)18-4-2-1-3-5-18/h1-5,8-9,13,17,20,23-24,29H,6-7,10-12,14-16H2,(H,27,30). The molecule has 3 fully saturated rings. The van der Waals surface area contributed by atoms with Gasteiger partial charge in [0.1, 0.15) is 5.75 Å². The summed E-state index contributed by atoms with van der Waals surface area (Å²) < 4.78 is 6.58. The van der Waals surface area contributed by atoms with Gasteiger partial charge in [0.15, 0.2) is 0 Å². The molecule has 0 radical (unpaired) electrons. The first-order valence-corrected chi connectivity index (χ1v) is 11.7. The lowest BCUT2D eigenvalue weighted by molar-refractivity contribution is -0.136. The number of carbonyl (C=O) groups excluding carboxylic acids is 1. The van der Waals surface area contributed by atoms with Crippen molar-refractivity contribution in [2.45, 2.75) is 55.7 Å². The lowest BCUT2D eigenvalue weighted by atomic mass is 9.58. The number of aromatic hydroxyl groups is 1. The van der Waals surface area contributed by atoms with Crippen molar-refractivity contribution >= 4 is 5.91 Å². The van der Waals surface area contributed by atoms with E-state index in [9.17, 15) is 9.90 Å². The zero-order valence-electron chi connectivity index (χ0n) is 17.8. The zero-order valence-corrected chi connectivity index (χ0v) is 17.8. The number of piperidine rings is 1. The second-order valence-corrected chi connectivity index (χ2v) is 9.95. The van der Waals surface area contributed by atoms with Crippen LogP contribution in [0.15, 0.2) is 48.5 Å². The van der Waals surface area contributed by atoms with Crippen molar-refractivity contribution < 1.29 is 14.6 Å². The van der Waals surface area contributed by atoms with E-state index in [-0.39, 0.29) is 23.5 Å². The highest BCUT2D eigenvalue weighted by Gasteiger charge is 2.57. The quantitative estimate of drug-likeness (QED) is 0.800. The Kier molecular flexibility index (Phi) is 4.58. The molecule has 1 saturated carbocycles. The van der Waals surface area contributed by atoms with E-state index in [1.807, 2.05) is 42.5 Å². The Labute approximate surface area is 183 Å². The summed E-state index contributed by atoms with van der Waals surface area (Å²) in [5, 5.41) is 13.5. The fourth-order valence-electron chi connectivity index (χ4n) is 6.29. The third-order valence-electron chi connectivity index (χ3n) is 7.92. The van der Waals surface area contributed by atoms with Crippen LogP contribution in [0.25, 0.3) is 0 Å². The van der Waals surface area contributed by atoms with Gasteiger partial charge in [0.05, 0.1) is 18.8 Å². The van der Waals surface area contributed by atoms with Gasteiger partial charge in [-0.05, 0) is 80.0 Å². The van der Waals surface area contributed by atoms with E-state index in [1.54, 1.807) is 0 Å². The molecule has 4 unspecified atom stereocenters. The maximum Gasteiger partial charge on any atom is 0.251 e. The number of phenols is 1. The Balaban J connectivity index is 1.31. The molecule has 2 saturated heterocycles. The van der Waals surface area contributed by atoms with Crippen LogP contribution >= 0.6 is 0 Å². The third kappa shape index (κ3) is 3.35. The number of hydrogen-bond acceptors (Lipinski definition) is 4. The number of carbonyl (C=O) groups is 1. The van der Waals surface area contributed by atoms with Crippen LogP contribution in [0, 0.1) is 5.92 Å². The van der Waals surface area contributed by atoms with Crippen LogP contribution in [-0.4, -0.2) is 53.8 Å². The molecule has 5 heteroatoms. The second kappa shape index (κ2) is 7.35. The average Bonchev–Trinajstić information content (AvgIpc) is 3.61. The Morgan fingerprint density at radius 3 is 2.84 bits per heavy atom. The van der Waals surface area contributed by atoms with Crippen LogP contribution in [0.5, 0.6) is 5.75 Å². The van der Waals surface area contributed by atoms with Gasteiger partial charge < -0.3 is 15.2 Å². The molecule has 2 N–H and O–H groups in total. The van der Waals surface area contributed by atoms with Gasteiger partial charge in [-0.15, -0.1) is 0 Å². The SMILES string of the molecule is O=C(NC1COC2C3Cc4ccc(O)cc4C2(CCN3CC2CC2)C1)c1ccccc1. The van der Waals surface area contributed by atoms with E-state index >= 15 is 0 Å². The van der Waals surface area contributed by atoms with Crippen molar-refractivity contribution in [2.75, 3.05) is 19.7 Å². The smallest absolute Gasteiger partial charge is 0.251 e. The summed E-state index contributed by atoms with van der Waals surface area (Å²) >= 11 is 0. The van der Waals surface area contributed by atoms with Crippen LogP contribution < -0.4 is 5.32 Å². The fraction of sp³-hybridized carbons (Fsp3) is 0.500. The number of amides is 1. The van der Waals surface area contributed by atoms with Crippen LogP contribution in [0.4, 0.5) is 0 Å². The van der Waals surface area contributed by atoms with Crippen LogP contribution in [0.3, 0.4) is 0 Å². The maximum atomic E-state index is 12.8. The van der Waals surface area contributed by atoms with Gasteiger partial charge in [-0.3, -0.25) is 9.69 Å². The summed E-state index contributed by atoms with van der Waals surface area (Å²) in [5.41, 5.74) is 3.10. The van der Waals surface area contributed by atoms with Crippen molar-refractivity contribution in [1.82, 2.24) is 10.2 Å². The summed E-state index contributed by atoms with van der Waals surface area (Å²) in [6.45, 7) is 2.80. The highest BCUT2D eigenvalue weighted by Crippen LogP contribution is 2.52. The topological polar surface area (TPSA) is 61.8 Å². The summed E-state index contributed by atoms with van der Waals surface area (Å²) in [4.78, 5) is 15.5. The molecule has 2 aromatic carbocycles. The van der Waals surface area contributed by atoms with E-state index in [4.69, 9.17) is 4.74 Å². The van der Waals surface area contributed by atoms with E-state index in [0.717, 1.165) is 31.7 Å². The normalized spacial score (nSPS) is 32.1. The summed E-state index contributed by atoms with van der Waals surface area (Å²) in [7, 11) is 0. The van der Waals surface area contributed by atoms with E-state index in [0.29, 0.717) is 24.0 Å². The molecule has 162 valence electrons. The largest absolute Gasteiger partial charge is 0.508 e. The first kappa shape index (κ1) is 19.3. The molecule has 2 aliphatic carbocycles. The Morgan fingerprint density at radius 1 is 1.19 bits per heavy atom. The number of fused-ring (bicyclic) bond motifs is 1. The lowest BCUT2D eigenvalue weighted by Crippen LogP contribution is -2.68. The van der Waals surface area contributed by atoms with E-state index in [1.165, 1.54) is 30.5 Å². The van der Waals surface area contributed by atoms with Crippen molar-refractivity contribution in [3.63, 3.8) is 0 Å². The molecule has 4 aliphatic rings. The molecule has 0 spiro atoms. The summed E-state index contributed by atoms with van der Waals surface area (Å²) in [5.74, 6) is 1.13. The molecule has 0 aromatic heterocycles. The van der Waals surface area contributed by atoms with Crippen molar-refractivity contribution in [3.05, 3.63) is 65.2 Å². The van der Waals surface area contributed by atoms with Crippen molar-refractivity contribution in [2.24, 2.45) is 5.92 Å². The third-order valence-corrected chi connectivity index (χ3v) is 7.92. The minimum atomic E-state index is -0.149. The van der Waals surface area contributed by atoms with E-state index in [2.05, 4.69) is 16.3 Å². The Morgan fingerprint density at radius 2 is 2.03 bits per heavy atom. The molecule has 2 aliphatic heterocycles. The van der Waals surface area contributed by atoms with Gasteiger partial charge >= 0.3 is 0 Å². The van der Waals surface area contributed by atoms with Gasteiger partial charge in [0.25, 0.3) is 5.91 Å². The number of ether oxygens (including phenoxy) is 1. The second-order valence-electron chi connectivity index (χ2n) is 9.95. The van der Waals surface area contributed by atoms with Crippen LogP contribution in [-0.2, 0) is 16.6 Å². The highest BCUT2D eigenvalue weighted by atomic mass is 16.5. The molecular formula is C26H30N2O3. The number of nitrogens with zero attached hydrogens (tertiary/aromatic N) is 1. The fourth-order valence-corrected chi connectivity index (χ4v) is 6.29. The van der Waals surface area contributed by atoms with Crippen LogP contribution in [0.2, 0.25) is 0 Å². The summed E-state index contributed by atoms with van der Waals surface area (Å²) in [6.07, 6.45) is 5.69. The Bertz CT molecular complexity index is 989. The molecule has 31 heavy (non-hydrogen) atoms. The number of rotatable bonds is 4. The minimum absolute atomic E-state index is 0.0344. The molecular weight excluding hydrogens is 388 g/mol. The van der Waals surface area contributed by atoms with Crippen LogP contribution in [0.1, 0.15) is 47.2 Å². The predicted molar refractivity (Wildman–Crippen MR) is 118 cm³/mol. The van der Waals surface area contributed by atoms with E-state index < -0.39 is 0 Å². The van der Waals surface area contributed by atoms with Gasteiger partial charge in [-0.2, -0.15) is 0 Å². The first-order chi connectivity index (χ1) is 15.1. The molecule has 1 amide bonds. The minimum Gasteiger partial charge on any atom is -0.508 e. The lowest BCUT2D eigenvalue weighted by Gasteiger charge is -2.59. The highest BCUT2D eigenvalue weighted by molar-refractivity contribution is 5.94. The number of hydrogen-bond donors (Lipinski definition) is 2. The van der Waals surface area contributed by atoms with Gasteiger partial charge in [-0.25, -0.2) is 0 Å². The maximum absolute atomic E-state index is 12.8. The zero-order chi connectivity index (χ0) is 21.0. The molecule has 2 bridgehead atoms. The molecule has 2 heterocycles. The van der Waals surface area contributed by atoms with Gasteiger partial charge in [0.2, 0.25) is 0 Å². The average molecular weight is 419 g/mol. The number of nitrogens with one attached hydrogen (secondary N) is 1. The number of phenolic OH excluding ortho intramolecular Hbond substituents is 1. The molecule has 4 atom stereocenters. The molecule has 6 rings (SSSR count). The summed E-state index contributed by atoms with van der Waals surface area (Å²) in [6, 6.07) is 15.6. The van der Waals surface area contributed by atoms with Crippen molar-refractivity contribution in [3.8, 4) is 5.75 Å². The first-order valence-electron chi connectivity index (χ1n) is 11.7.